The number of hydrogen-bond donors (Lipinski definition) is 1. The molecular formula is C14H19N3O2S. The Morgan fingerprint density at radius 2 is 2.10 bits per heavy atom. The van der Waals surface area contributed by atoms with Crippen LogP contribution in [0.1, 0.15) is 24.5 Å². The third kappa shape index (κ3) is 3.84. The third-order valence-electron chi connectivity index (χ3n) is 2.86. The van der Waals surface area contributed by atoms with E-state index in [1.807, 2.05) is 32.0 Å². The van der Waals surface area contributed by atoms with Crippen LogP contribution in [0.15, 0.2) is 36.5 Å². The molecule has 1 aromatic heterocycles. The van der Waals surface area contributed by atoms with E-state index in [0.29, 0.717) is 18.8 Å². The van der Waals surface area contributed by atoms with Gasteiger partial charge in [-0.2, -0.15) is 5.10 Å². The van der Waals surface area contributed by atoms with E-state index in [2.05, 4.69) is 15.9 Å². The van der Waals surface area contributed by atoms with Crippen molar-refractivity contribution in [1.29, 1.82) is 0 Å². The van der Waals surface area contributed by atoms with Gasteiger partial charge in [0.2, 0.25) is 10.0 Å². The topological polar surface area (TPSA) is 64.0 Å². The van der Waals surface area contributed by atoms with Crippen LogP contribution in [-0.2, 0) is 16.6 Å². The van der Waals surface area contributed by atoms with Gasteiger partial charge in [0, 0.05) is 6.07 Å². The Labute approximate surface area is 119 Å². The van der Waals surface area contributed by atoms with Crippen molar-refractivity contribution in [3.05, 3.63) is 47.7 Å². The van der Waals surface area contributed by atoms with Crippen LogP contribution in [0.4, 0.5) is 5.82 Å². The zero-order valence-corrected chi connectivity index (χ0v) is 12.5. The van der Waals surface area contributed by atoms with E-state index in [0.717, 1.165) is 5.56 Å². The number of anilines is 1. The van der Waals surface area contributed by atoms with Crippen LogP contribution in [0.5, 0.6) is 0 Å². The Morgan fingerprint density at radius 1 is 1.30 bits per heavy atom. The molecule has 0 unspecified atom stereocenters. The molecule has 20 heavy (non-hydrogen) atoms. The fraction of sp³-hybridized carbons (Fsp3) is 0.357. The molecule has 5 nitrogen and oxygen atoms in total. The van der Waals surface area contributed by atoms with Crippen molar-refractivity contribution in [2.75, 3.05) is 10.5 Å². The third-order valence-corrected chi connectivity index (χ3v) is 4.33. The van der Waals surface area contributed by atoms with Crippen molar-refractivity contribution in [2.45, 2.75) is 26.8 Å². The number of benzene rings is 1. The second-order valence-corrected chi connectivity index (χ2v) is 6.63. The molecule has 1 N–H and O–H groups in total. The number of sulfonamides is 1. The van der Waals surface area contributed by atoms with Gasteiger partial charge in [-0.1, -0.05) is 36.8 Å². The van der Waals surface area contributed by atoms with Gasteiger partial charge in [-0.25, -0.2) is 13.1 Å². The number of nitrogens with zero attached hydrogens (tertiary/aromatic N) is 2. The summed E-state index contributed by atoms with van der Waals surface area (Å²) in [4.78, 5) is 0. The van der Waals surface area contributed by atoms with E-state index >= 15 is 0 Å². The molecule has 0 aliphatic rings. The van der Waals surface area contributed by atoms with Gasteiger partial charge in [0.1, 0.15) is 5.82 Å². The van der Waals surface area contributed by atoms with Crippen LogP contribution < -0.4 is 4.72 Å². The van der Waals surface area contributed by atoms with Gasteiger partial charge in [0.25, 0.3) is 0 Å². The first-order chi connectivity index (χ1) is 9.50. The molecule has 0 bridgehead atoms. The van der Waals surface area contributed by atoms with Crippen molar-refractivity contribution in [1.82, 2.24) is 9.78 Å². The highest BCUT2D eigenvalue weighted by molar-refractivity contribution is 7.92. The maximum atomic E-state index is 11.8. The fourth-order valence-corrected chi connectivity index (χ4v) is 3.14. The van der Waals surface area contributed by atoms with E-state index < -0.39 is 10.0 Å². The van der Waals surface area contributed by atoms with Gasteiger partial charge >= 0.3 is 0 Å². The van der Waals surface area contributed by atoms with Crippen molar-refractivity contribution in [2.24, 2.45) is 0 Å². The SMILES string of the molecule is CCCS(=O)(=O)Nc1ccnn1Cc1cccc(C)c1. The summed E-state index contributed by atoms with van der Waals surface area (Å²) in [7, 11) is -3.29. The van der Waals surface area contributed by atoms with E-state index in [1.165, 1.54) is 5.56 Å². The van der Waals surface area contributed by atoms with Gasteiger partial charge in [-0.05, 0) is 18.9 Å². The summed E-state index contributed by atoms with van der Waals surface area (Å²) in [5, 5.41) is 4.18. The Hall–Kier alpha value is -1.82. The predicted octanol–water partition coefficient (Wildman–Crippen LogP) is 2.39. The second-order valence-electron chi connectivity index (χ2n) is 4.78. The average Bonchev–Trinajstić information content (AvgIpc) is 2.75. The van der Waals surface area contributed by atoms with Crippen LogP contribution >= 0.6 is 0 Å². The second kappa shape index (κ2) is 6.09. The van der Waals surface area contributed by atoms with Crippen LogP contribution in [0.2, 0.25) is 0 Å². The minimum atomic E-state index is -3.29. The zero-order chi connectivity index (χ0) is 14.6. The lowest BCUT2D eigenvalue weighted by molar-refractivity contribution is 0.598. The van der Waals surface area contributed by atoms with E-state index in [4.69, 9.17) is 0 Å². The van der Waals surface area contributed by atoms with E-state index in [1.54, 1.807) is 16.9 Å². The van der Waals surface area contributed by atoms with Crippen LogP contribution in [0, 0.1) is 6.92 Å². The van der Waals surface area contributed by atoms with Gasteiger partial charge in [-0.3, -0.25) is 4.72 Å². The molecule has 0 spiro atoms. The predicted molar refractivity (Wildman–Crippen MR) is 80.2 cm³/mol. The van der Waals surface area contributed by atoms with Crippen molar-refractivity contribution in [3.8, 4) is 0 Å². The molecular weight excluding hydrogens is 274 g/mol. The standard InChI is InChI=1S/C14H19N3O2S/c1-3-9-20(18,19)16-14-7-8-15-17(14)11-13-6-4-5-12(2)10-13/h4-8,10,16H,3,9,11H2,1-2H3. The molecule has 1 heterocycles. The molecule has 1 aromatic carbocycles. The minimum Gasteiger partial charge on any atom is -0.268 e. The normalized spacial score (nSPS) is 11.5. The lowest BCUT2D eigenvalue weighted by atomic mass is 10.1. The summed E-state index contributed by atoms with van der Waals surface area (Å²) in [5.41, 5.74) is 2.26. The molecule has 108 valence electrons. The summed E-state index contributed by atoms with van der Waals surface area (Å²) in [6.07, 6.45) is 2.18. The maximum absolute atomic E-state index is 11.8. The van der Waals surface area contributed by atoms with Gasteiger partial charge in [0.05, 0.1) is 18.5 Å². The molecule has 0 saturated heterocycles. The summed E-state index contributed by atoms with van der Waals surface area (Å²) < 4.78 is 27.8. The number of nitrogens with one attached hydrogen (secondary N) is 1. The Kier molecular flexibility index (Phi) is 4.44. The highest BCUT2D eigenvalue weighted by Crippen LogP contribution is 2.13. The monoisotopic (exact) mass is 293 g/mol. The molecule has 0 fully saturated rings. The highest BCUT2D eigenvalue weighted by atomic mass is 32.2. The average molecular weight is 293 g/mol. The van der Waals surface area contributed by atoms with Crippen molar-refractivity contribution in [3.63, 3.8) is 0 Å². The summed E-state index contributed by atoms with van der Waals surface area (Å²) in [6.45, 7) is 4.40. The Morgan fingerprint density at radius 3 is 2.80 bits per heavy atom. The van der Waals surface area contributed by atoms with Crippen LogP contribution in [-0.4, -0.2) is 24.0 Å². The summed E-state index contributed by atoms with van der Waals surface area (Å²) in [5.74, 6) is 0.614. The number of aromatic nitrogens is 2. The molecule has 0 aliphatic carbocycles. The Bertz CT molecular complexity index is 677. The first-order valence-electron chi connectivity index (χ1n) is 6.58. The van der Waals surface area contributed by atoms with Gasteiger partial charge in [-0.15, -0.1) is 0 Å². The lowest BCUT2D eigenvalue weighted by Gasteiger charge is -2.10. The molecule has 0 aliphatic heterocycles. The number of rotatable bonds is 6. The van der Waals surface area contributed by atoms with E-state index in [9.17, 15) is 8.42 Å². The highest BCUT2D eigenvalue weighted by Gasteiger charge is 2.12. The van der Waals surface area contributed by atoms with Crippen molar-refractivity contribution >= 4 is 15.8 Å². The minimum absolute atomic E-state index is 0.114. The maximum Gasteiger partial charge on any atom is 0.233 e. The molecule has 6 heteroatoms. The van der Waals surface area contributed by atoms with Gasteiger partial charge < -0.3 is 0 Å². The van der Waals surface area contributed by atoms with Gasteiger partial charge in [0.15, 0.2) is 0 Å². The fourth-order valence-electron chi connectivity index (χ4n) is 2.01. The molecule has 2 rings (SSSR count). The molecule has 0 saturated carbocycles. The first-order valence-corrected chi connectivity index (χ1v) is 8.23. The first kappa shape index (κ1) is 14.6. The van der Waals surface area contributed by atoms with Crippen LogP contribution in [0.25, 0.3) is 0 Å². The van der Waals surface area contributed by atoms with E-state index in [-0.39, 0.29) is 5.75 Å². The van der Waals surface area contributed by atoms with Crippen molar-refractivity contribution < 1.29 is 8.42 Å². The summed E-state index contributed by atoms with van der Waals surface area (Å²) >= 11 is 0. The zero-order valence-electron chi connectivity index (χ0n) is 11.7. The number of aryl methyl sites for hydroxylation is 1. The Balaban J connectivity index is 2.17. The lowest BCUT2D eigenvalue weighted by Crippen LogP contribution is -2.19. The largest absolute Gasteiger partial charge is 0.268 e. The summed E-state index contributed by atoms with van der Waals surface area (Å²) in [6, 6.07) is 9.74. The molecule has 0 atom stereocenters. The quantitative estimate of drug-likeness (QED) is 0.889. The molecule has 0 amide bonds. The molecule has 2 aromatic rings. The molecule has 0 radical (unpaired) electrons. The van der Waals surface area contributed by atoms with Crippen LogP contribution in [0.3, 0.4) is 0 Å². The smallest absolute Gasteiger partial charge is 0.233 e. The number of hydrogen-bond acceptors (Lipinski definition) is 3.